The summed E-state index contributed by atoms with van der Waals surface area (Å²) in [4.78, 5) is 14.5. The van der Waals surface area contributed by atoms with Crippen molar-refractivity contribution in [1.29, 1.82) is 0 Å². The molecule has 4 nitrogen and oxygen atoms in total. The molecular formula is C27H37NO3. The van der Waals surface area contributed by atoms with E-state index in [0.29, 0.717) is 6.54 Å². The van der Waals surface area contributed by atoms with E-state index in [2.05, 4.69) is 48.5 Å². The van der Waals surface area contributed by atoms with E-state index in [9.17, 15) is 9.90 Å². The zero-order valence-corrected chi connectivity index (χ0v) is 19.2. The second-order valence-electron chi connectivity index (χ2n) is 9.68. The van der Waals surface area contributed by atoms with Gasteiger partial charge in [0.1, 0.15) is 5.60 Å². The molecule has 0 radical (unpaired) electrons. The standard InChI is InChI=1S/C27H37NO3/c1-27(2,3)31-26(30)28-20-10-15-24(28)25(29)23(18-16-21-11-6-4-7-12-21)19-17-22-13-8-5-9-14-22/h4-9,11-14,23-25,29H,10,15-20H2,1-3H3/t24-,25?/m0/s1. The molecule has 0 aliphatic carbocycles. The van der Waals surface area contributed by atoms with E-state index in [1.165, 1.54) is 11.1 Å². The molecule has 1 aliphatic rings. The highest BCUT2D eigenvalue weighted by atomic mass is 16.6. The summed E-state index contributed by atoms with van der Waals surface area (Å²) in [5, 5.41) is 11.4. The first-order chi connectivity index (χ1) is 14.8. The first-order valence-electron chi connectivity index (χ1n) is 11.6. The Kier molecular flexibility index (Phi) is 8.14. The van der Waals surface area contributed by atoms with Crippen LogP contribution in [0.5, 0.6) is 0 Å². The third-order valence-corrected chi connectivity index (χ3v) is 6.10. The molecule has 1 saturated heterocycles. The lowest BCUT2D eigenvalue weighted by Crippen LogP contribution is -2.47. The van der Waals surface area contributed by atoms with Crippen LogP contribution in [0.4, 0.5) is 4.79 Å². The Bertz CT molecular complexity index is 757. The number of ether oxygens (including phenoxy) is 1. The third kappa shape index (κ3) is 7.10. The Morgan fingerprint density at radius 1 is 1.00 bits per heavy atom. The predicted molar refractivity (Wildman–Crippen MR) is 125 cm³/mol. The average molecular weight is 424 g/mol. The molecule has 4 heteroatoms. The van der Waals surface area contributed by atoms with E-state index >= 15 is 0 Å². The number of rotatable bonds is 8. The van der Waals surface area contributed by atoms with E-state index in [4.69, 9.17) is 4.74 Å². The Labute approximate surface area is 187 Å². The molecule has 168 valence electrons. The lowest BCUT2D eigenvalue weighted by Gasteiger charge is -2.34. The number of hydrogen-bond donors (Lipinski definition) is 1. The second kappa shape index (κ2) is 10.8. The van der Waals surface area contributed by atoms with Crippen LogP contribution in [0, 0.1) is 5.92 Å². The smallest absolute Gasteiger partial charge is 0.410 e. The number of aliphatic hydroxyl groups is 1. The quantitative estimate of drug-likeness (QED) is 0.599. The molecule has 31 heavy (non-hydrogen) atoms. The van der Waals surface area contributed by atoms with E-state index in [1.807, 2.05) is 32.9 Å². The van der Waals surface area contributed by atoms with Crippen LogP contribution in [0.15, 0.2) is 60.7 Å². The summed E-state index contributed by atoms with van der Waals surface area (Å²) >= 11 is 0. The minimum atomic E-state index is -0.553. The summed E-state index contributed by atoms with van der Waals surface area (Å²) in [6.07, 6.45) is 4.53. The molecule has 0 aromatic heterocycles. The lowest BCUT2D eigenvalue weighted by molar-refractivity contribution is -0.00993. The van der Waals surface area contributed by atoms with Gasteiger partial charge in [-0.05, 0) is 76.3 Å². The number of carbonyl (C=O) groups is 1. The molecule has 2 aromatic rings. The maximum atomic E-state index is 12.7. The molecule has 0 saturated carbocycles. The van der Waals surface area contributed by atoms with Crippen molar-refractivity contribution in [3.05, 3.63) is 71.8 Å². The molecule has 1 amide bonds. The van der Waals surface area contributed by atoms with Crippen molar-refractivity contribution in [1.82, 2.24) is 4.90 Å². The molecule has 1 unspecified atom stereocenters. The van der Waals surface area contributed by atoms with Crippen molar-refractivity contribution >= 4 is 6.09 Å². The highest BCUT2D eigenvalue weighted by Crippen LogP contribution is 2.30. The highest BCUT2D eigenvalue weighted by Gasteiger charge is 2.39. The van der Waals surface area contributed by atoms with Gasteiger partial charge in [0.2, 0.25) is 0 Å². The van der Waals surface area contributed by atoms with Gasteiger partial charge in [-0.1, -0.05) is 60.7 Å². The molecule has 1 heterocycles. The summed E-state index contributed by atoms with van der Waals surface area (Å²) < 4.78 is 5.62. The third-order valence-electron chi connectivity index (χ3n) is 6.10. The molecule has 2 aromatic carbocycles. The van der Waals surface area contributed by atoms with Crippen LogP contribution in [0.25, 0.3) is 0 Å². The minimum Gasteiger partial charge on any atom is -0.444 e. The maximum Gasteiger partial charge on any atom is 0.410 e. The number of amides is 1. The largest absolute Gasteiger partial charge is 0.444 e. The van der Waals surface area contributed by atoms with Gasteiger partial charge in [0.25, 0.3) is 0 Å². The van der Waals surface area contributed by atoms with E-state index < -0.39 is 11.7 Å². The van der Waals surface area contributed by atoms with Crippen LogP contribution >= 0.6 is 0 Å². The Balaban J connectivity index is 1.70. The van der Waals surface area contributed by atoms with Gasteiger partial charge in [-0.2, -0.15) is 0 Å². The van der Waals surface area contributed by atoms with Gasteiger partial charge < -0.3 is 14.7 Å². The second-order valence-corrected chi connectivity index (χ2v) is 9.68. The van der Waals surface area contributed by atoms with Crippen molar-refractivity contribution in [2.75, 3.05) is 6.54 Å². The molecule has 1 N–H and O–H groups in total. The number of nitrogens with zero attached hydrogens (tertiary/aromatic N) is 1. The summed E-state index contributed by atoms with van der Waals surface area (Å²) in [6, 6.07) is 20.7. The Morgan fingerprint density at radius 3 is 2.00 bits per heavy atom. The summed E-state index contributed by atoms with van der Waals surface area (Å²) in [5.74, 6) is 0.119. The van der Waals surface area contributed by atoms with Gasteiger partial charge in [-0.15, -0.1) is 0 Å². The average Bonchev–Trinajstić information content (AvgIpc) is 3.24. The van der Waals surface area contributed by atoms with Crippen molar-refractivity contribution in [2.45, 2.75) is 77.0 Å². The van der Waals surface area contributed by atoms with Gasteiger partial charge in [0.15, 0.2) is 0 Å². The number of carbonyl (C=O) groups excluding carboxylic acids is 1. The molecule has 0 spiro atoms. The molecule has 1 aliphatic heterocycles. The van der Waals surface area contributed by atoms with Gasteiger partial charge in [0, 0.05) is 6.54 Å². The fraction of sp³-hybridized carbons (Fsp3) is 0.519. The number of benzene rings is 2. The summed E-state index contributed by atoms with van der Waals surface area (Å²) in [5.41, 5.74) is 2.04. The van der Waals surface area contributed by atoms with Crippen LogP contribution in [0.3, 0.4) is 0 Å². The fourth-order valence-corrected chi connectivity index (χ4v) is 4.49. The zero-order valence-electron chi connectivity index (χ0n) is 19.2. The molecule has 0 bridgehead atoms. The van der Waals surface area contributed by atoms with E-state index in [-0.39, 0.29) is 18.1 Å². The maximum absolute atomic E-state index is 12.7. The van der Waals surface area contributed by atoms with Crippen LogP contribution < -0.4 is 0 Å². The normalized spacial score (nSPS) is 17.7. The number of aryl methyl sites for hydroxylation is 2. The molecular weight excluding hydrogens is 386 g/mol. The van der Waals surface area contributed by atoms with Gasteiger partial charge in [-0.3, -0.25) is 0 Å². The van der Waals surface area contributed by atoms with Crippen molar-refractivity contribution in [3.63, 3.8) is 0 Å². The van der Waals surface area contributed by atoms with Crippen LogP contribution in [0.1, 0.15) is 57.6 Å². The van der Waals surface area contributed by atoms with Crippen LogP contribution in [-0.4, -0.2) is 40.4 Å². The number of aliphatic hydroxyl groups excluding tert-OH is 1. The van der Waals surface area contributed by atoms with Crippen LogP contribution in [-0.2, 0) is 17.6 Å². The van der Waals surface area contributed by atoms with E-state index in [0.717, 1.165) is 38.5 Å². The van der Waals surface area contributed by atoms with Crippen molar-refractivity contribution in [3.8, 4) is 0 Å². The molecule has 3 rings (SSSR count). The summed E-state index contributed by atoms with van der Waals surface area (Å²) in [6.45, 7) is 6.31. The fourth-order valence-electron chi connectivity index (χ4n) is 4.49. The summed E-state index contributed by atoms with van der Waals surface area (Å²) in [7, 11) is 0. The van der Waals surface area contributed by atoms with Gasteiger partial charge >= 0.3 is 6.09 Å². The monoisotopic (exact) mass is 423 g/mol. The zero-order chi connectivity index (χ0) is 22.3. The van der Waals surface area contributed by atoms with Crippen molar-refractivity contribution in [2.24, 2.45) is 5.92 Å². The Hall–Kier alpha value is -2.33. The number of hydrogen-bond acceptors (Lipinski definition) is 3. The first kappa shape index (κ1) is 23.3. The van der Waals surface area contributed by atoms with Crippen molar-refractivity contribution < 1.29 is 14.6 Å². The van der Waals surface area contributed by atoms with Crippen LogP contribution in [0.2, 0.25) is 0 Å². The molecule has 2 atom stereocenters. The van der Waals surface area contributed by atoms with Gasteiger partial charge in [-0.25, -0.2) is 4.79 Å². The van der Waals surface area contributed by atoms with E-state index in [1.54, 1.807) is 4.90 Å². The van der Waals surface area contributed by atoms with Gasteiger partial charge in [0.05, 0.1) is 12.1 Å². The Morgan fingerprint density at radius 2 is 1.52 bits per heavy atom. The predicted octanol–water partition coefficient (Wildman–Crippen LogP) is 5.63. The topological polar surface area (TPSA) is 49.8 Å². The minimum absolute atomic E-state index is 0.119. The molecule has 1 fully saturated rings. The number of likely N-dealkylation sites (tertiary alicyclic amines) is 1. The highest BCUT2D eigenvalue weighted by molar-refractivity contribution is 5.69. The lowest BCUT2D eigenvalue weighted by atomic mass is 9.85. The SMILES string of the molecule is CC(C)(C)OC(=O)N1CCC[C@H]1C(O)C(CCc1ccccc1)CCc1ccccc1. The first-order valence-corrected chi connectivity index (χ1v) is 11.6.